The summed E-state index contributed by atoms with van der Waals surface area (Å²) in [6.45, 7) is 0.978. The Morgan fingerprint density at radius 2 is 2.05 bits per heavy atom. The van der Waals surface area contributed by atoms with E-state index in [1.807, 2.05) is 18.2 Å². The number of hydrogen-bond donors (Lipinski definition) is 2. The Kier molecular flexibility index (Phi) is 6.26. The topological polar surface area (TPSA) is 78.5 Å². The Labute approximate surface area is 141 Å². The lowest BCUT2D eigenvalue weighted by Gasteiger charge is -2.14. The third kappa shape index (κ3) is 5.03. The predicted octanol–water partition coefficient (Wildman–Crippen LogP) is 2.06. The van der Waals surface area contributed by atoms with Gasteiger partial charge in [-0.15, -0.1) is 0 Å². The van der Waals surface area contributed by atoms with Gasteiger partial charge in [-0.05, 0) is 28.1 Å². The summed E-state index contributed by atoms with van der Waals surface area (Å²) in [5, 5.41) is 5.26. The first-order valence-electron chi connectivity index (χ1n) is 6.79. The summed E-state index contributed by atoms with van der Waals surface area (Å²) < 4.78 is 0.778. The Bertz CT molecular complexity index is 582. The fourth-order valence-electron chi connectivity index (χ4n) is 1.89. The van der Waals surface area contributed by atoms with Crippen LogP contribution in [0, 0.1) is 0 Å². The van der Waals surface area contributed by atoms with Crippen LogP contribution in [0.5, 0.6) is 0 Å². The number of nitrogens with zero attached hydrogens (tertiary/aromatic N) is 1. The van der Waals surface area contributed by atoms with E-state index in [-0.39, 0.29) is 30.0 Å². The van der Waals surface area contributed by atoms with E-state index in [2.05, 4.69) is 26.6 Å². The molecule has 0 atom stereocenters. The van der Waals surface area contributed by atoms with Crippen LogP contribution in [0.3, 0.4) is 0 Å². The summed E-state index contributed by atoms with van der Waals surface area (Å²) in [6.07, 6.45) is 0.203. The largest absolute Gasteiger partial charge is 0.347 e. The van der Waals surface area contributed by atoms with E-state index in [9.17, 15) is 14.4 Å². The van der Waals surface area contributed by atoms with Gasteiger partial charge in [-0.3, -0.25) is 14.4 Å². The van der Waals surface area contributed by atoms with Crippen LogP contribution < -0.4 is 10.6 Å². The third-order valence-electron chi connectivity index (χ3n) is 3.05. The predicted molar refractivity (Wildman–Crippen MR) is 89.8 cm³/mol. The molecular weight excluding hydrogens is 370 g/mol. The van der Waals surface area contributed by atoms with E-state index in [0.717, 1.165) is 10.2 Å². The minimum absolute atomic E-state index is 0.0134. The quantitative estimate of drug-likeness (QED) is 0.785. The van der Waals surface area contributed by atoms with Crippen LogP contribution in [0.15, 0.2) is 28.7 Å². The van der Waals surface area contributed by atoms with Gasteiger partial charge in [0.25, 0.3) is 5.24 Å². The lowest BCUT2D eigenvalue weighted by Crippen LogP contribution is -2.35. The monoisotopic (exact) mass is 385 g/mol. The van der Waals surface area contributed by atoms with Gasteiger partial charge in [0.2, 0.25) is 11.8 Å². The number of carbonyl (C=O) groups excluding carboxylic acids is 3. The minimum Gasteiger partial charge on any atom is -0.347 e. The van der Waals surface area contributed by atoms with Crippen LogP contribution in [-0.2, 0) is 9.59 Å². The molecule has 8 heteroatoms. The van der Waals surface area contributed by atoms with Gasteiger partial charge in [0, 0.05) is 29.7 Å². The first kappa shape index (κ1) is 16.8. The van der Waals surface area contributed by atoms with Crippen molar-refractivity contribution in [2.75, 3.05) is 30.7 Å². The fourth-order valence-corrected chi connectivity index (χ4v) is 3.12. The fraction of sp³-hybridized carbons (Fsp3) is 0.357. The molecule has 3 amide bonds. The highest BCUT2D eigenvalue weighted by Gasteiger charge is 2.21. The van der Waals surface area contributed by atoms with E-state index >= 15 is 0 Å². The Balaban J connectivity index is 1.68. The number of nitrogens with one attached hydrogen (secondary N) is 2. The van der Waals surface area contributed by atoms with Crippen molar-refractivity contribution in [2.24, 2.45) is 0 Å². The van der Waals surface area contributed by atoms with Crippen LogP contribution in [0.25, 0.3) is 0 Å². The molecule has 118 valence electrons. The van der Waals surface area contributed by atoms with Crippen LogP contribution >= 0.6 is 27.7 Å². The van der Waals surface area contributed by atoms with Crippen molar-refractivity contribution in [3.8, 4) is 0 Å². The molecule has 1 aromatic rings. The van der Waals surface area contributed by atoms with E-state index < -0.39 is 0 Å². The number of halogens is 1. The zero-order valence-electron chi connectivity index (χ0n) is 11.8. The molecule has 1 heterocycles. The maximum atomic E-state index is 11.8. The molecule has 1 aromatic carbocycles. The molecule has 1 saturated heterocycles. The zero-order valence-corrected chi connectivity index (χ0v) is 14.2. The molecule has 1 aliphatic heterocycles. The van der Waals surface area contributed by atoms with Gasteiger partial charge in [0.15, 0.2) is 0 Å². The summed E-state index contributed by atoms with van der Waals surface area (Å²) in [5.74, 6) is 0.231. The average Bonchev–Trinajstić information content (AvgIpc) is 2.91. The number of benzene rings is 1. The van der Waals surface area contributed by atoms with E-state index in [4.69, 9.17) is 0 Å². The van der Waals surface area contributed by atoms with Gasteiger partial charge in [0.05, 0.1) is 12.2 Å². The molecule has 0 radical (unpaired) electrons. The number of para-hydroxylation sites is 1. The van der Waals surface area contributed by atoms with Crippen LogP contribution in [0.1, 0.15) is 6.42 Å². The molecule has 1 fully saturated rings. The van der Waals surface area contributed by atoms with Gasteiger partial charge in [0.1, 0.15) is 0 Å². The first-order valence-corrected chi connectivity index (χ1v) is 8.57. The van der Waals surface area contributed by atoms with Crippen molar-refractivity contribution >= 4 is 50.4 Å². The summed E-state index contributed by atoms with van der Waals surface area (Å²) in [4.78, 5) is 36.5. The van der Waals surface area contributed by atoms with Crippen LogP contribution in [-0.4, -0.2) is 47.3 Å². The summed E-state index contributed by atoms with van der Waals surface area (Å²) >= 11 is 4.60. The number of carbonyl (C=O) groups is 3. The third-order valence-corrected chi connectivity index (χ3v) is 4.63. The lowest BCUT2D eigenvalue weighted by atomic mass is 10.3. The highest BCUT2D eigenvalue weighted by atomic mass is 79.9. The number of hydrogen-bond acceptors (Lipinski definition) is 4. The number of thioether (sulfide) groups is 1. The second kappa shape index (κ2) is 8.19. The molecule has 1 aliphatic rings. The van der Waals surface area contributed by atoms with E-state index in [1.165, 1.54) is 11.8 Å². The van der Waals surface area contributed by atoms with Crippen LogP contribution in [0.4, 0.5) is 10.5 Å². The minimum atomic E-state index is -0.298. The van der Waals surface area contributed by atoms with Gasteiger partial charge in [-0.25, -0.2) is 0 Å². The molecule has 0 aromatic heterocycles. The highest BCUT2D eigenvalue weighted by Crippen LogP contribution is 2.20. The van der Waals surface area contributed by atoms with Crippen molar-refractivity contribution in [1.82, 2.24) is 10.2 Å². The SMILES string of the molecule is O=C(CCN1CCSC1=O)NCC(=O)Nc1ccccc1Br. The molecule has 2 rings (SSSR count). The normalized spacial score (nSPS) is 14.0. The Morgan fingerprint density at radius 3 is 2.73 bits per heavy atom. The van der Waals surface area contributed by atoms with Crippen molar-refractivity contribution in [3.63, 3.8) is 0 Å². The zero-order chi connectivity index (χ0) is 15.9. The maximum Gasteiger partial charge on any atom is 0.281 e. The number of amides is 3. The molecule has 0 saturated carbocycles. The molecule has 0 spiro atoms. The lowest BCUT2D eigenvalue weighted by molar-refractivity contribution is -0.124. The standard InChI is InChI=1S/C14H16BrN3O3S/c15-10-3-1-2-4-11(10)17-13(20)9-16-12(19)5-6-18-7-8-22-14(18)21/h1-4H,5-9H2,(H,16,19)(H,17,20). The molecule has 0 bridgehead atoms. The molecule has 0 aliphatic carbocycles. The average molecular weight is 386 g/mol. The van der Waals surface area contributed by atoms with E-state index in [0.29, 0.717) is 18.8 Å². The summed E-state index contributed by atoms with van der Waals surface area (Å²) in [7, 11) is 0. The van der Waals surface area contributed by atoms with Gasteiger partial charge < -0.3 is 15.5 Å². The molecule has 6 nitrogen and oxygen atoms in total. The second-order valence-electron chi connectivity index (χ2n) is 4.66. The summed E-state index contributed by atoms with van der Waals surface area (Å²) in [5.41, 5.74) is 0.654. The van der Waals surface area contributed by atoms with Gasteiger partial charge in [-0.2, -0.15) is 0 Å². The highest BCUT2D eigenvalue weighted by molar-refractivity contribution is 9.10. The van der Waals surface area contributed by atoms with Gasteiger partial charge in [-0.1, -0.05) is 23.9 Å². The van der Waals surface area contributed by atoms with Crippen molar-refractivity contribution in [1.29, 1.82) is 0 Å². The van der Waals surface area contributed by atoms with E-state index in [1.54, 1.807) is 11.0 Å². The van der Waals surface area contributed by atoms with Gasteiger partial charge >= 0.3 is 0 Å². The molecule has 22 heavy (non-hydrogen) atoms. The Morgan fingerprint density at radius 1 is 1.27 bits per heavy atom. The first-order chi connectivity index (χ1) is 10.6. The molecular formula is C14H16BrN3O3S. The van der Waals surface area contributed by atoms with Crippen molar-refractivity contribution in [2.45, 2.75) is 6.42 Å². The smallest absolute Gasteiger partial charge is 0.281 e. The maximum absolute atomic E-state index is 11.8. The van der Waals surface area contributed by atoms with Crippen molar-refractivity contribution in [3.05, 3.63) is 28.7 Å². The van der Waals surface area contributed by atoms with Crippen molar-refractivity contribution < 1.29 is 14.4 Å². The number of rotatable bonds is 6. The number of anilines is 1. The Hall–Kier alpha value is -1.54. The van der Waals surface area contributed by atoms with Crippen LogP contribution in [0.2, 0.25) is 0 Å². The summed E-state index contributed by atoms with van der Waals surface area (Å²) in [6, 6.07) is 7.24. The molecule has 2 N–H and O–H groups in total. The second-order valence-corrected chi connectivity index (χ2v) is 6.56. The molecule has 0 unspecified atom stereocenters.